The lowest BCUT2D eigenvalue weighted by molar-refractivity contribution is -0.143. The van der Waals surface area contributed by atoms with Crippen LogP contribution >= 0.6 is 0 Å². The molecule has 0 spiro atoms. The lowest BCUT2D eigenvalue weighted by Gasteiger charge is -2.23. The largest absolute Gasteiger partial charge is 0.480 e. The average molecular weight is 475 g/mol. The molecule has 0 aromatic heterocycles. The van der Waals surface area contributed by atoms with Crippen molar-refractivity contribution in [3.8, 4) is 0 Å². The van der Waals surface area contributed by atoms with Gasteiger partial charge in [0.25, 0.3) is 0 Å². The molecule has 0 rings (SSSR count). The number of aliphatic hydroxyl groups excluding tert-OH is 1. The number of carbonyl (C=O) groups is 7. The van der Waals surface area contributed by atoms with Crippen LogP contribution in [0, 0.1) is 0 Å². The zero-order valence-corrected chi connectivity index (χ0v) is 17.6. The Kier molecular flexibility index (Phi) is 12.7. The minimum atomic E-state index is -1.68. The fraction of sp³-hybridized carbons (Fsp3) is 0.588. The molecule has 0 aromatic carbocycles. The molecule has 0 aliphatic rings. The summed E-state index contributed by atoms with van der Waals surface area (Å²) < 4.78 is 0. The van der Waals surface area contributed by atoms with Gasteiger partial charge in [0.2, 0.25) is 35.4 Å². The van der Waals surface area contributed by atoms with Gasteiger partial charge in [-0.25, -0.2) is 4.79 Å². The predicted molar refractivity (Wildman–Crippen MR) is 109 cm³/mol. The van der Waals surface area contributed by atoms with Crippen LogP contribution in [-0.4, -0.2) is 82.4 Å². The fourth-order valence-electron chi connectivity index (χ4n) is 2.40. The standard InChI is InChI=1S/C17H29N7O9/c18-7(1-3-11(19)26)14(29)23-9(5-13(21)28)15(30)24-10(6-25)16(31)22-8(17(32)33)2-4-12(20)27/h7-10,25H,1-6,18H2,(H2,19,26)(H2,20,27)(H2,21,28)(H,22,31)(H,23,29)(H,24,30)(H,32,33). The van der Waals surface area contributed by atoms with Crippen LogP contribution in [0.3, 0.4) is 0 Å². The van der Waals surface area contributed by atoms with Gasteiger partial charge in [-0.15, -0.1) is 0 Å². The molecule has 16 heteroatoms. The number of nitrogens with one attached hydrogen (secondary N) is 3. The van der Waals surface area contributed by atoms with E-state index in [1.165, 1.54) is 0 Å². The van der Waals surface area contributed by atoms with E-state index in [2.05, 4.69) is 10.6 Å². The monoisotopic (exact) mass is 475 g/mol. The van der Waals surface area contributed by atoms with Gasteiger partial charge in [-0.1, -0.05) is 0 Å². The van der Waals surface area contributed by atoms with Gasteiger partial charge in [-0.05, 0) is 12.8 Å². The molecule has 0 aromatic rings. The lowest BCUT2D eigenvalue weighted by Crippen LogP contribution is -2.58. The number of carboxylic acid groups (broad SMARTS) is 1. The van der Waals surface area contributed by atoms with Crippen molar-refractivity contribution in [2.24, 2.45) is 22.9 Å². The summed E-state index contributed by atoms with van der Waals surface area (Å²) in [6.07, 6.45) is -1.75. The first kappa shape index (κ1) is 29.2. The summed E-state index contributed by atoms with van der Waals surface area (Å²) >= 11 is 0. The van der Waals surface area contributed by atoms with Crippen molar-refractivity contribution < 1.29 is 43.8 Å². The van der Waals surface area contributed by atoms with Crippen LogP contribution in [0.5, 0.6) is 0 Å². The number of hydrogen-bond donors (Lipinski definition) is 9. The van der Waals surface area contributed by atoms with Crippen molar-refractivity contribution in [1.29, 1.82) is 0 Å². The Balaban J connectivity index is 5.24. The van der Waals surface area contributed by atoms with Gasteiger partial charge in [0.1, 0.15) is 18.1 Å². The molecule has 0 radical (unpaired) electrons. The van der Waals surface area contributed by atoms with E-state index in [4.69, 9.17) is 28.0 Å². The topological polar surface area (TPSA) is 300 Å². The third kappa shape index (κ3) is 12.0. The summed E-state index contributed by atoms with van der Waals surface area (Å²) in [4.78, 5) is 81.1. The lowest BCUT2D eigenvalue weighted by atomic mass is 10.1. The van der Waals surface area contributed by atoms with E-state index < -0.39 is 78.6 Å². The van der Waals surface area contributed by atoms with E-state index >= 15 is 0 Å². The first-order valence-corrected chi connectivity index (χ1v) is 9.63. The molecule has 0 saturated carbocycles. The zero-order chi connectivity index (χ0) is 25.7. The molecule has 6 amide bonds. The summed E-state index contributed by atoms with van der Waals surface area (Å²) in [6, 6.07) is -6.06. The van der Waals surface area contributed by atoms with E-state index in [1.807, 2.05) is 5.32 Å². The van der Waals surface area contributed by atoms with E-state index in [-0.39, 0.29) is 25.7 Å². The number of rotatable bonds is 16. The molecule has 16 nitrogen and oxygen atoms in total. The molecule has 0 aliphatic carbocycles. The second-order valence-corrected chi connectivity index (χ2v) is 6.99. The molecule has 0 bridgehead atoms. The normalized spacial score (nSPS) is 14.1. The highest BCUT2D eigenvalue weighted by Crippen LogP contribution is 2.01. The maximum atomic E-state index is 12.5. The molecule has 0 saturated heterocycles. The maximum absolute atomic E-state index is 12.5. The SMILES string of the molecule is NC(=O)CCC(N)C(=O)NC(CC(N)=O)C(=O)NC(CO)C(=O)NC(CCC(N)=O)C(=O)O. The van der Waals surface area contributed by atoms with Gasteiger partial charge in [-0.3, -0.25) is 28.8 Å². The van der Waals surface area contributed by atoms with Crippen molar-refractivity contribution >= 4 is 41.4 Å². The first-order chi connectivity index (χ1) is 15.3. The molecule has 186 valence electrons. The van der Waals surface area contributed by atoms with Crippen LogP contribution in [0.25, 0.3) is 0 Å². The van der Waals surface area contributed by atoms with E-state index in [9.17, 15) is 38.7 Å². The summed E-state index contributed by atoms with van der Waals surface area (Å²) in [6.45, 7) is -0.977. The number of nitrogens with two attached hydrogens (primary N) is 4. The quantitative estimate of drug-likeness (QED) is 0.102. The molecule has 33 heavy (non-hydrogen) atoms. The minimum Gasteiger partial charge on any atom is -0.480 e. The Bertz CT molecular complexity index is 774. The van der Waals surface area contributed by atoms with Crippen molar-refractivity contribution in [3.63, 3.8) is 0 Å². The van der Waals surface area contributed by atoms with Gasteiger partial charge in [0.05, 0.1) is 19.1 Å². The van der Waals surface area contributed by atoms with Crippen LogP contribution in [0.4, 0.5) is 0 Å². The van der Waals surface area contributed by atoms with Crippen LogP contribution in [0.2, 0.25) is 0 Å². The predicted octanol–water partition coefficient (Wildman–Crippen LogP) is -5.75. The molecule has 0 fully saturated rings. The summed E-state index contributed by atoms with van der Waals surface area (Å²) in [5.74, 6) is -7.15. The van der Waals surface area contributed by atoms with Gasteiger partial charge < -0.3 is 49.1 Å². The molecule has 0 aliphatic heterocycles. The Hall–Kier alpha value is -3.79. The summed E-state index contributed by atoms with van der Waals surface area (Å²) in [7, 11) is 0. The van der Waals surface area contributed by atoms with E-state index in [0.717, 1.165) is 0 Å². The van der Waals surface area contributed by atoms with Crippen LogP contribution in [0.1, 0.15) is 32.1 Å². The molecular weight excluding hydrogens is 446 g/mol. The minimum absolute atomic E-state index is 0.143. The first-order valence-electron chi connectivity index (χ1n) is 9.63. The number of carbonyl (C=O) groups excluding carboxylic acids is 6. The summed E-state index contributed by atoms with van der Waals surface area (Å²) in [5, 5.41) is 24.8. The smallest absolute Gasteiger partial charge is 0.326 e. The number of hydrogen-bond acceptors (Lipinski definition) is 9. The number of primary amides is 3. The van der Waals surface area contributed by atoms with E-state index in [1.54, 1.807) is 0 Å². The Morgan fingerprint density at radius 2 is 1.12 bits per heavy atom. The molecule has 4 unspecified atom stereocenters. The van der Waals surface area contributed by atoms with Gasteiger partial charge in [0.15, 0.2) is 0 Å². The number of carboxylic acids is 1. The number of amides is 6. The van der Waals surface area contributed by atoms with Gasteiger partial charge >= 0.3 is 5.97 Å². The van der Waals surface area contributed by atoms with Crippen molar-refractivity contribution in [2.45, 2.75) is 56.3 Å². The second-order valence-electron chi connectivity index (χ2n) is 6.99. The van der Waals surface area contributed by atoms with Crippen LogP contribution < -0.4 is 38.9 Å². The molecule has 4 atom stereocenters. The maximum Gasteiger partial charge on any atom is 0.326 e. The van der Waals surface area contributed by atoms with Gasteiger partial charge in [-0.2, -0.15) is 0 Å². The van der Waals surface area contributed by atoms with Crippen molar-refractivity contribution in [2.75, 3.05) is 6.61 Å². The average Bonchev–Trinajstić information content (AvgIpc) is 2.71. The van der Waals surface area contributed by atoms with Gasteiger partial charge in [0, 0.05) is 12.8 Å². The number of aliphatic hydroxyl groups is 1. The fourth-order valence-corrected chi connectivity index (χ4v) is 2.40. The molecule has 0 heterocycles. The second kappa shape index (κ2) is 14.3. The Morgan fingerprint density at radius 1 is 0.667 bits per heavy atom. The third-order valence-electron chi connectivity index (χ3n) is 4.19. The van der Waals surface area contributed by atoms with Crippen molar-refractivity contribution in [1.82, 2.24) is 16.0 Å². The third-order valence-corrected chi connectivity index (χ3v) is 4.19. The number of aliphatic carboxylic acids is 1. The van der Waals surface area contributed by atoms with Crippen LogP contribution in [-0.2, 0) is 33.6 Å². The summed E-state index contributed by atoms with van der Waals surface area (Å²) in [5.41, 5.74) is 20.6. The van der Waals surface area contributed by atoms with Crippen molar-refractivity contribution in [3.05, 3.63) is 0 Å². The van der Waals surface area contributed by atoms with Crippen LogP contribution in [0.15, 0.2) is 0 Å². The molecular formula is C17H29N7O9. The highest BCUT2D eigenvalue weighted by Gasteiger charge is 2.31. The zero-order valence-electron chi connectivity index (χ0n) is 17.6. The Labute approximate surface area is 187 Å². The highest BCUT2D eigenvalue weighted by atomic mass is 16.4. The highest BCUT2D eigenvalue weighted by molar-refractivity contribution is 5.96. The molecule has 13 N–H and O–H groups in total. The van der Waals surface area contributed by atoms with E-state index in [0.29, 0.717) is 0 Å². The Morgan fingerprint density at radius 3 is 1.58 bits per heavy atom.